The Bertz CT molecular complexity index is 897. The monoisotopic (exact) mass is 340 g/mol. The number of hydrogen-bond acceptors (Lipinski definition) is 1. The van der Waals surface area contributed by atoms with Crippen molar-refractivity contribution in [1.29, 1.82) is 0 Å². The van der Waals surface area contributed by atoms with Crippen molar-refractivity contribution in [3.05, 3.63) is 83.2 Å². The number of carbonyl (C=O) groups excluding carboxylic acids is 1. The third-order valence-corrected chi connectivity index (χ3v) is 4.02. The molecule has 1 N–H and O–H groups in total. The van der Waals surface area contributed by atoms with Crippen LogP contribution in [0.25, 0.3) is 11.1 Å². The van der Waals surface area contributed by atoms with E-state index < -0.39 is 11.6 Å². The van der Waals surface area contributed by atoms with Crippen LogP contribution in [0.3, 0.4) is 0 Å². The molecule has 128 valence electrons. The summed E-state index contributed by atoms with van der Waals surface area (Å²) in [5.41, 5.74) is 3.67. The third kappa shape index (κ3) is 3.60. The first kappa shape index (κ1) is 16.9. The Balaban J connectivity index is 1.88. The summed E-state index contributed by atoms with van der Waals surface area (Å²) in [4.78, 5) is 12.7. The largest absolute Gasteiger partial charge is 0.347 e. The van der Waals surface area contributed by atoms with E-state index in [9.17, 15) is 13.6 Å². The van der Waals surface area contributed by atoms with Crippen molar-refractivity contribution in [2.24, 2.45) is 7.05 Å². The van der Waals surface area contributed by atoms with Gasteiger partial charge in [0.25, 0.3) is 5.91 Å². The lowest BCUT2D eigenvalue weighted by molar-refractivity contribution is 0.0943. The number of nitrogens with zero attached hydrogens (tertiary/aromatic N) is 1. The molecule has 0 fully saturated rings. The van der Waals surface area contributed by atoms with E-state index in [0.29, 0.717) is 11.3 Å². The van der Waals surface area contributed by atoms with Crippen molar-refractivity contribution in [1.82, 2.24) is 9.88 Å². The molecule has 3 nitrogen and oxygen atoms in total. The fourth-order valence-corrected chi connectivity index (χ4v) is 3.00. The van der Waals surface area contributed by atoms with Gasteiger partial charge in [0.1, 0.15) is 17.3 Å². The Labute approximate surface area is 144 Å². The van der Waals surface area contributed by atoms with Crippen LogP contribution in [0.2, 0.25) is 0 Å². The van der Waals surface area contributed by atoms with Gasteiger partial charge in [0, 0.05) is 31.4 Å². The zero-order valence-corrected chi connectivity index (χ0v) is 14.0. The van der Waals surface area contributed by atoms with Crippen LogP contribution >= 0.6 is 0 Å². The van der Waals surface area contributed by atoms with E-state index in [4.69, 9.17) is 0 Å². The topological polar surface area (TPSA) is 34.0 Å². The van der Waals surface area contributed by atoms with E-state index in [1.54, 1.807) is 11.6 Å². The maximum Gasteiger partial charge on any atom is 0.268 e. The Hall–Kier alpha value is -2.95. The Morgan fingerprint density at radius 2 is 1.72 bits per heavy atom. The summed E-state index contributed by atoms with van der Waals surface area (Å²) >= 11 is 0. The molecular formula is C20H18F2N2O. The summed E-state index contributed by atoms with van der Waals surface area (Å²) in [6, 6.07) is 12.9. The highest BCUT2D eigenvalue weighted by Crippen LogP contribution is 2.28. The van der Waals surface area contributed by atoms with E-state index in [1.807, 2.05) is 43.5 Å². The minimum atomic E-state index is -0.663. The van der Waals surface area contributed by atoms with Gasteiger partial charge in [-0.3, -0.25) is 4.79 Å². The SMILES string of the molecule is Cc1cn(C)c(C(=O)NCc2cc(F)cc(F)c2)c1-c1ccccc1. The summed E-state index contributed by atoms with van der Waals surface area (Å²) < 4.78 is 28.3. The number of halogens is 2. The van der Waals surface area contributed by atoms with Crippen molar-refractivity contribution >= 4 is 5.91 Å². The first-order valence-electron chi connectivity index (χ1n) is 7.90. The first-order valence-corrected chi connectivity index (χ1v) is 7.90. The summed E-state index contributed by atoms with van der Waals surface area (Å²) in [5, 5.41) is 2.74. The lowest BCUT2D eigenvalue weighted by Gasteiger charge is -2.10. The average molecular weight is 340 g/mol. The minimum absolute atomic E-state index is 0.0476. The summed E-state index contributed by atoms with van der Waals surface area (Å²) in [6.07, 6.45) is 1.89. The molecule has 3 aromatic rings. The summed E-state index contributed by atoms with van der Waals surface area (Å²) in [7, 11) is 1.80. The average Bonchev–Trinajstić information content (AvgIpc) is 2.87. The van der Waals surface area contributed by atoms with E-state index in [2.05, 4.69) is 5.32 Å². The van der Waals surface area contributed by atoms with Gasteiger partial charge in [-0.15, -0.1) is 0 Å². The molecule has 0 atom stereocenters. The van der Waals surface area contributed by atoms with Gasteiger partial charge in [0.15, 0.2) is 0 Å². The second kappa shape index (κ2) is 6.89. The second-order valence-electron chi connectivity index (χ2n) is 5.97. The van der Waals surface area contributed by atoms with Crippen molar-refractivity contribution in [2.75, 3.05) is 0 Å². The first-order chi connectivity index (χ1) is 12.0. The molecule has 0 saturated heterocycles. The van der Waals surface area contributed by atoms with Gasteiger partial charge in [-0.2, -0.15) is 0 Å². The van der Waals surface area contributed by atoms with Gasteiger partial charge in [0.05, 0.1) is 0 Å². The second-order valence-corrected chi connectivity index (χ2v) is 5.97. The van der Waals surface area contributed by atoms with Crippen molar-refractivity contribution in [2.45, 2.75) is 13.5 Å². The van der Waals surface area contributed by atoms with Crippen LogP contribution in [0.1, 0.15) is 21.6 Å². The van der Waals surface area contributed by atoms with Crippen LogP contribution in [-0.4, -0.2) is 10.5 Å². The fourth-order valence-electron chi connectivity index (χ4n) is 3.00. The quantitative estimate of drug-likeness (QED) is 0.758. The molecule has 2 aromatic carbocycles. The van der Waals surface area contributed by atoms with Gasteiger partial charge in [-0.05, 0) is 35.7 Å². The maximum atomic E-state index is 13.3. The standard InChI is InChI=1S/C20H18F2N2O/c1-13-12-24(2)19(18(13)15-6-4-3-5-7-15)20(25)23-11-14-8-16(21)10-17(22)9-14/h3-10,12H,11H2,1-2H3,(H,23,25). The maximum absolute atomic E-state index is 13.3. The highest BCUT2D eigenvalue weighted by molar-refractivity contribution is 6.00. The number of benzene rings is 2. The highest BCUT2D eigenvalue weighted by Gasteiger charge is 2.19. The Morgan fingerprint density at radius 3 is 2.36 bits per heavy atom. The molecule has 5 heteroatoms. The normalized spacial score (nSPS) is 10.7. The fraction of sp³-hybridized carbons (Fsp3) is 0.150. The smallest absolute Gasteiger partial charge is 0.268 e. The Morgan fingerprint density at radius 1 is 1.08 bits per heavy atom. The number of hydrogen-bond donors (Lipinski definition) is 1. The summed E-state index contributed by atoms with van der Waals surface area (Å²) in [5.74, 6) is -1.62. The van der Waals surface area contributed by atoms with Gasteiger partial charge >= 0.3 is 0 Å². The van der Waals surface area contributed by atoms with Crippen LogP contribution in [0.4, 0.5) is 8.78 Å². The van der Waals surface area contributed by atoms with E-state index in [-0.39, 0.29) is 12.5 Å². The molecule has 0 aliphatic heterocycles. The van der Waals surface area contributed by atoms with Gasteiger partial charge in [-0.1, -0.05) is 30.3 Å². The molecule has 0 unspecified atom stereocenters. The van der Waals surface area contributed by atoms with Gasteiger partial charge < -0.3 is 9.88 Å². The van der Waals surface area contributed by atoms with Gasteiger partial charge in [0.2, 0.25) is 0 Å². The molecule has 0 aliphatic carbocycles. The number of rotatable bonds is 4. The molecule has 0 bridgehead atoms. The number of nitrogens with one attached hydrogen (secondary N) is 1. The predicted octanol–water partition coefficient (Wildman–Crippen LogP) is 4.21. The van der Waals surface area contributed by atoms with E-state index in [0.717, 1.165) is 22.8 Å². The van der Waals surface area contributed by atoms with Gasteiger partial charge in [-0.25, -0.2) is 8.78 Å². The molecule has 1 amide bonds. The number of aromatic nitrogens is 1. The minimum Gasteiger partial charge on any atom is -0.347 e. The van der Waals surface area contributed by atoms with Crippen LogP contribution in [0, 0.1) is 18.6 Å². The molecule has 3 rings (SSSR count). The molecule has 0 radical (unpaired) electrons. The Kier molecular flexibility index (Phi) is 4.65. The molecular weight excluding hydrogens is 322 g/mol. The predicted molar refractivity (Wildman–Crippen MR) is 93.1 cm³/mol. The molecule has 0 spiro atoms. The molecule has 25 heavy (non-hydrogen) atoms. The van der Waals surface area contributed by atoms with E-state index >= 15 is 0 Å². The number of amides is 1. The van der Waals surface area contributed by atoms with Crippen molar-refractivity contribution < 1.29 is 13.6 Å². The number of carbonyl (C=O) groups is 1. The van der Waals surface area contributed by atoms with Crippen molar-refractivity contribution in [3.8, 4) is 11.1 Å². The zero-order chi connectivity index (χ0) is 18.0. The molecule has 1 heterocycles. The highest BCUT2D eigenvalue weighted by atomic mass is 19.1. The lowest BCUT2D eigenvalue weighted by atomic mass is 10.0. The molecule has 0 aliphatic rings. The lowest BCUT2D eigenvalue weighted by Crippen LogP contribution is -2.25. The van der Waals surface area contributed by atoms with Crippen molar-refractivity contribution in [3.63, 3.8) is 0 Å². The number of aryl methyl sites for hydroxylation is 2. The molecule has 0 saturated carbocycles. The molecule has 1 aromatic heterocycles. The van der Waals surface area contributed by atoms with Crippen LogP contribution in [0.15, 0.2) is 54.7 Å². The van der Waals surface area contributed by atoms with Crippen LogP contribution in [-0.2, 0) is 13.6 Å². The van der Waals surface area contributed by atoms with E-state index in [1.165, 1.54) is 12.1 Å². The zero-order valence-electron chi connectivity index (χ0n) is 14.0. The van der Waals surface area contributed by atoms with Crippen LogP contribution in [0.5, 0.6) is 0 Å². The summed E-state index contributed by atoms with van der Waals surface area (Å²) in [6.45, 7) is 1.99. The third-order valence-electron chi connectivity index (χ3n) is 4.02. The van der Waals surface area contributed by atoms with Crippen LogP contribution < -0.4 is 5.32 Å².